The summed E-state index contributed by atoms with van der Waals surface area (Å²) in [7, 11) is 3.40. The van der Waals surface area contributed by atoms with Crippen molar-refractivity contribution >= 4 is 5.97 Å². The molecular formula is C7H15NO3. The summed E-state index contributed by atoms with van der Waals surface area (Å²) >= 11 is 0. The van der Waals surface area contributed by atoms with Crippen LogP contribution in [0.15, 0.2) is 0 Å². The molecule has 11 heavy (non-hydrogen) atoms. The summed E-state index contributed by atoms with van der Waals surface area (Å²) in [5, 5.41) is 11.3. The molecule has 1 atom stereocenters. The Hall–Kier alpha value is -0.610. The van der Waals surface area contributed by atoms with Crippen molar-refractivity contribution in [1.82, 2.24) is 5.32 Å². The number of hydrogen-bond donors (Lipinski definition) is 2. The molecule has 0 aromatic heterocycles. The zero-order chi connectivity index (χ0) is 8.69. The van der Waals surface area contributed by atoms with E-state index in [0.717, 1.165) is 0 Å². The molecule has 0 heterocycles. The van der Waals surface area contributed by atoms with E-state index in [1.807, 2.05) is 7.05 Å². The standard InChI is InChI=1S/C7H15NO3/c1-8-5-6(11-2)3-4-7(9)10/h6,8H,3-5H2,1-2H3,(H,9,10). The van der Waals surface area contributed by atoms with E-state index in [1.54, 1.807) is 7.11 Å². The fraction of sp³-hybridized carbons (Fsp3) is 0.857. The van der Waals surface area contributed by atoms with Crippen molar-refractivity contribution in [2.75, 3.05) is 20.7 Å². The highest BCUT2D eigenvalue weighted by Crippen LogP contribution is 1.99. The fourth-order valence-corrected chi connectivity index (χ4v) is 0.815. The monoisotopic (exact) mass is 161 g/mol. The number of hydrogen-bond acceptors (Lipinski definition) is 3. The number of nitrogens with one attached hydrogen (secondary N) is 1. The molecule has 4 heteroatoms. The summed E-state index contributed by atoms with van der Waals surface area (Å²) in [6.07, 6.45) is 0.739. The van der Waals surface area contributed by atoms with Crippen LogP contribution in [0.25, 0.3) is 0 Å². The van der Waals surface area contributed by atoms with E-state index in [-0.39, 0.29) is 12.5 Å². The molecule has 0 bridgehead atoms. The highest BCUT2D eigenvalue weighted by atomic mass is 16.5. The van der Waals surface area contributed by atoms with Crippen molar-refractivity contribution in [3.63, 3.8) is 0 Å². The summed E-state index contributed by atoms with van der Waals surface area (Å²) in [5.74, 6) is -0.775. The van der Waals surface area contributed by atoms with Gasteiger partial charge in [-0.2, -0.15) is 0 Å². The van der Waals surface area contributed by atoms with Crippen LogP contribution < -0.4 is 5.32 Å². The number of ether oxygens (including phenoxy) is 1. The minimum absolute atomic E-state index is 0.0103. The van der Waals surface area contributed by atoms with Crippen LogP contribution in [-0.4, -0.2) is 37.9 Å². The van der Waals surface area contributed by atoms with Crippen LogP contribution in [0.1, 0.15) is 12.8 Å². The van der Waals surface area contributed by atoms with Gasteiger partial charge in [-0.1, -0.05) is 0 Å². The molecule has 0 spiro atoms. The maximum Gasteiger partial charge on any atom is 0.303 e. The molecule has 0 amide bonds. The van der Waals surface area contributed by atoms with E-state index in [9.17, 15) is 4.79 Å². The number of carboxylic acid groups (broad SMARTS) is 1. The third-order valence-electron chi connectivity index (χ3n) is 1.45. The Morgan fingerprint density at radius 2 is 2.36 bits per heavy atom. The highest BCUT2D eigenvalue weighted by molar-refractivity contribution is 5.66. The van der Waals surface area contributed by atoms with Crippen molar-refractivity contribution < 1.29 is 14.6 Å². The van der Waals surface area contributed by atoms with E-state index < -0.39 is 5.97 Å². The zero-order valence-corrected chi connectivity index (χ0v) is 6.96. The lowest BCUT2D eigenvalue weighted by atomic mass is 10.2. The van der Waals surface area contributed by atoms with Gasteiger partial charge in [-0.15, -0.1) is 0 Å². The summed E-state index contributed by atoms with van der Waals surface area (Å²) in [5.41, 5.74) is 0. The van der Waals surface area contributed by atoms with Gasteiger partial charge < -0.3 is 15.2 Å². The van der Waals surface area contributed by atoms with E-state index in [1.165, 1.54) is 0 Å². The molecule has 0 fully saturated rings. The number of carboxylic acids is 1. The lowest BCUT2D eigenvalue weighted by Gasteiger charge is -2.12. The maximum absolute atomic E-state index is 10.1. The molecule has 0 saturated carbocycles. The Bertz CT molecular complexity index is 116. The molecule has 0 aromatic carbocycles. The second-order valence-corrected chi connectivity index (χ2v) is 2.35. The van der Waals surface area contributed by atoms with Crippen LogP contribution in [0.4, 0.5) is 0 Å². The molecule has 0 radical (unpaired) electrons. The van der Waals surface area contributed by atoms with E-state index in [4.69, 9.17) is 9.84 Å². The summed E-state index contributed by atoms with van der Waals surface area (Å²) in [4.78, 5) is 10.1. The van der Waals surface area contributed by atoms with Gasteiger partial charge in [0.1, 0.15) is 0 Å². The number of carbonyl (C=O) groups is 1. The van der Waals surface area contributed by atoms with E-state index in [0.29, 0.717) is 13.0 Å². The molecule has 4 nitrogen and oxygen atoms in total. The third-order valence-corrected chi connectivity index (χ3v) is 1.45. The Morgan fingerprint density at radius 3 is 2.73 bits per heavy atom. The molecule has 66 valence electrons. The average Bonchev–Trinajstić information content (AvgIpc) is 1.97. The molecule has 0 aliphatic rings. The van der Waals surface area contributed by atoms with Crippen LogP contribution >= 0.6 is 0 Å². The van der Waals surface area contributed by atoms with Gasteiger partial charge in [0.05, 0.1) is 6.10 Å². The minimum atomic E-state index is -0.775. The van der Waals surface area contributed by atoms with Crippen LogP contribution in [0.2, 0.25) is 0 Å². The zero-order valence-electron chi connectivity index (χ0n) is 6.96. The number of aliphatic carboxylic acids is 1. The van der Waals surface area contributed by atoms with Crippen LogP contribution in [0, 0.1) is 0 Å². The van der Waals surface area contributed by atoms with Crippen LogP contribution in [0.3, 0.4) is 0 Å². The molecule has 0 aliphatic carbocycles. The second-order valence-electron chi connectivity index (χ2n) is 2.35. The van der Waals surface area contributed by atoms with Crippen molar-refractivity contribution in [2.24, 2.45) is 0 Å². The van der Waals surface area contributed by atoms with Crippen LogP contribution in [0.5, 0.6) is 0 Å². The summed E-state index contributed by atoms with van der Waals surface area (Å²) in [6.45, 7) is 0.698. The molecular weight excluding hydrogens is 146 g/mol. The summed E-state index contributed by atoms with van der Waals surface area (Å²) in [6, 6.07) is 0. The first-order chi connectivity index (χ1) is 5.20. The van der Waals surface area contributed by atoms with Crippen molar-refractivity contribution in [1.29, 1.82) is 0 Å². The topological polar surface area (TPSA) is 58.6 Å². The Balaban J connectivity index is 3.43. The van der Waals surface area contributed by atoms with Gasteiger partial charge in [0.25, 0.3) is 0 Å². The molecule has 1 unspecified atom stereocenters. The van der Waals surface area contributed by atoms with E-state index >= 15 is 0 Å². The van der Waals surface area contributed by atoms with E-state index in [2.05, 4.69) is 5.32 Å². The quantitative estimate of drug-likeness (QED) is 0.579. The Labute approximate surface area is 66.5 Å². The first-order valence-corrected chi connectivity index (χ1v) is 3.60. The first-order valence-electron chi connectivity index (χ1n) is 3.60. The normalized spacial score (nSPS) is 12.9. The van der Waals surface area contributed by atoms with Gasteiger partial charge in [-0.05, 0) is 13.5 Å². The predicted octanol–water partition coefficient (Wildman–Crippen LogP) is 0.0856. The van der Waals surface area contributed by atoms with Crippen molar-refractivity contribution in [2.45, 2.75) is 18.9 Å². The van der Waals surface area contributed by atoms with Gasteiger partial charge in [0.2, 0.25) is 0 Å². The van der Waals surface area contributed by atoms with Crippen LogP contribution in [-0.2, 0) is 9.53 Å². The van der Waals surface area contributed by atoms with Gasteiger partial charge in [0.15, 0.2) is 0 Å². The molecule has 0 aliphatic heterocycles. The lowest BCUT2D eigenvalue weighted by Crippen LogP contribution is -2.26. The lowest BCUT2D eigenvalue weighted by molar-refractivity contribution is -0.137. The number of methoxy groups -OCH3 is 1. The average molecular weight is 161 g/mol. The van der Waals surface area contributed by atoms with Crippen molar-refractivity contribution in [3.8, 4) is 0 Å². The molecule has 0 aromatic rings. The molecule has 2 N–H and O–H groups in total. The summed E-state index contributed by atoms with van der Waals surface area (Å²) < 4.78 is 5.02. The van der Waals surface area contributed by atoms with Gasteiger partial charge >= 0.3 is 5.97 Å². The molecule has 0 rings (SSSR count). The van der Waals surface area contributed by atoms with Gasteiger partial charge in [-0.25, -0.2) is 0 Å². The Kier molecular flexibility index (Phi) is 5.78. The fourth-order valence-electron chi connectivity index (χ4n) is 0.815. The molecule has 0 saturated heterocycles. The Morgan fingerprint density at radius 1 is 1.73 bits per heavy atom. The maximum atomic E-state index is 10.1. The number of rotatable bonds is 6. The smallest absolute Gasteiger partial charge is 0.303 e. The first kappa shape index (κ1) is 10.4. The SMILES string of the molecule is CNCC(CCC(=O)O)OC. The number of likely N-dealkylation sites (N-methyl/N-ethyl adjacent to an activating group) is 1. The second kappa shape index (κ2) is 6.12. The minimum Gasteiger partial charge on any atom is -0.481 e. The predicted molar refractivity (Wildman–Crippen MR) is 41.6 cm³/mol. The third kappa shape index (κ3) is 5.82. The van der Waals surface area contributed by atoms with Gasteiger partial charge in [0, 0.05) is 20.1 Å². The van der Waals surface area contributed by atoms with Gasteiger partial charge in [-0.3, -0.25) is 4.79 Å². The highest BCUT2D eigenvalue weighted by Gasteiger charge is 2.07. The van der Waals surface area contributed by atoms with Crippen molar-refractivity contribution in [3.05, 3.63) is 0 Å². The largest absolute Gasteiger partial charge is 0.481 e.